The molecule has 1 aromatic carbocycles. The van der Waals surface area contributed by atoms with Gasteiger partial charge in [0.2, 0.25) is 5.91 Å². The number of fused-ring (bicyclic) bond motifs is 2. The van der Waals surface area contributed by atoms with Crippen molar-refractivity contribution < 1.29 is 14.3 Å². The third-order valence-corrected chi connectivity index (χ3v) is 6.22. The zero-order valence-corrected chi connectivity index (χ0v) is 14.8. The Hall–Kier alpha value is -1.84. The van der Waals surface area contributed by atoms with Gasteiger partial charge < -0.3 is 9.64 Å². The predicted octanol–water partition coefficient (Wildman–Crippen LogP) is 4.04. The number of hydrogen-bond donors (Lipinski definition) is 0. The van der Waals surface area contributed by atoms with E-state index in [1.165, 1.54) is 32.1 Å². The van der Waals surface area contributed by atoms with E-state index in [0.29, 0.717) is 18.5 Å². The van der Waals surface area contributed by atoms with Crippen molar-refractivity contribution in [3.63, 3.8) is 0 Å². The molecule has 1 saturated heterocycles. The molecule has 0 N–H and O–H groups in total. The van der Waals surface area contributed by atoms with E-state index in [1.807, 2.05) is 29.2 Å². The van der Waals surface area contributed by atoms with Crippen molar-refractivity contribution in [3.8, 4) is 0 Å². The first-order valence-corrected chi connectivity index (χ1v) is 9.79. The highest BCUT2D eigenvalue weighted by molar-refractivity contribution is 5.95. The van der Waals surface area contributed by atoms with Crippen LogP contribution >= 0.6 is 0 Å². The van der Waals surface area contributed by atoms with Crippen LogP contribution in [0.5, 0.6) is 0 Å². The Morgan fingerprint density at radius 2 is 1.96 bits per heavy atom. The minimum Gasteiger partial charge on any atom is -0.449 e. The van der Waals surface area contributed by atoms with E-state index in [4.69, 9.17) is 4.74 Å². The normalized spacial score (nSPS) is 26.6. The summed E-state index contributed by atoms with van der Waals surface area (Å²) in [5.41, 5.74) is 1.01. The Kier molecular flexibility index (Phi) is 4.53. The molecular formula is C21H27NO3. The van der Waals surface area contributed by atoms with Gasteiger partial charge in [-0.15, -0.1) is 0 Å². The maximum atomic E-state index is 12.8. The topological polar surface area (TPSA) is 46.6 Å². The molecule has 0 radical (unpaired) electrons. The highest BCUT2D eigenvalue weighted by atomic mass is 16.6. The van der Waals surface area contributed by atoms with Crippen molar-refractivity contribution in [2.75, 3.05) is 13.1 Å². The van der Waals surface area contributed by atoms with Crippen molar-refractivity contribution in [1.82, 2.24) is 4.90 Å². The number of nitrogens with zero attached hydrogens (tertiary/aromatic N) is 1. The number of carbonyl (C=O) groups is 2. The number of rotatable bonds is 3. The molecule has 3 aliphatic rings. The molecule has 4 heteroatoms. The minimum atomic E-state index is -0.619. The van der Waals surface area contributed by atoms with Crippen LogP contribution in [0.25, 0.3) is 0 Å². The lowest BCUT2D eigenvalue weighted by Gasteiger charge is -2.39. The molecule has 4 rings (SSSR count). The van der Waals surface area contributed by atoms with Gasteiger partial charge in [0.1, 0.15) is 0 Å². The molecule has 2 aliphatic heterocycles. The number of likely N-dealkylation sites (tertiary alicyclic amines) is 1. The molecule has 1 unspecified atom stereocenters. The first-order chi connectivity index (χ1) is 12.2. The smallest absolute Gasteiger partial charge is 0.339 e. The molecule has 1 amide bonds. The Labute approximate surface area is 149 Å². The zero-order valence-electron chi connectivity index (χ0n) is 14.8. The molecule has 2 fully saturated rings. The summed E-state index contributed by atoms with van der Waals surface area (Å²) in [7, 11) is 0. The predicted molar refractivity (Wildman–Crippen MR) is 95.2 cm³/mol. The molecular weight excluding hydrogens is 314 g/mol. The monoisotopic (exact) mass is 341 g/mol. The number of hydrogen-bond acceptors (Lipinski definition) is 3. The van der Waals surface area contributed by atoms with E-state index in [1.54, 1.807) is 0 Å². The van der Waals surface area contributed by atoms with Gasteiger partial charge in [-0.2, -0.15) is 0 Å². The van der Waals surface area contributed by atoms with Crippen LogP contribution in [0.15, 0.2) is 24.3 Å². The SMILES string of the molecule is O=C1OC2(CCCN(C(=O)CCC3CCCCC3)C2)c2ccccc21. The van der Waals surface area contributed by atoms with E-state index in [9.17, 15) is 9.59 Å². The lowest BCUT2D eigenvalue weighted by molar-refractivity contribution is -0.139. The van der Waals surface area contributed by atoms with Crippen molar-refractivity contribution in [1.29, 1.82) is 0 Å². The first kappa shape index (κ1) is 16.6. The summed E-state index contributed by atoms with van der Waals surface area (Å²) in [6, 6.07) is 7.63. The minimum absolute atomic E-state index is 0.227. The van der Waals surface area contributed by atoms with Crippen LogP contribution < -0.4 is 0 Å². The number of piperidine rings is 1. The lowest BCUT2D eigenvalue weighted by atomic mass is 9.84. The molecule has 1 atom stereocenters. The van der Waals surface area contributed by atoms with Gasteiger partial charge in [-0.25, -0.2) is 4.79 Å². The van der Waals surface area contributed by atoms with E-state index in [2.05, 4.69) is 0 Å². The molecule has 4 nitrogen and oxygen atoms in total. The number of esters is 1. The first-order valence-electron chi connectivity index (χ1n) is 9.79. The summed E-state index contributed by atoms with van der Waals surface area (Å²) in [5.74, 6) is 0.707. The second-order valence-corrected chi connectivity index (χ2v) is 7.89. The summed E-state index contributed by atoms with van der Waals surface area (Å²) >= 11 is 0. The highest BCUT2D eigenvalue weighted by Crippen LogP contribution is 2.43. The van der Waals surface area contributed by atoms with E-state index in [-0.39, 0.29) is 11.9 Å². The Morgan fingerprint density at radius 1 is 1.16 bits per heavy atom. The molecule has 2 heterocycles. The van der Waals surface area contributed by atoms with Crippen LogP contribution in [0.4, 0.5) is 0 Å². The Balaban J connectivity index is 1.43. The van der Waals surface area contributed by atoms with E-state index >= 15 is 0 Å². The molecule has 1 aliphatic carbocycles. The van der Waals surface area contributed by atoms with Crippen molar-refractivity contribution in [3.05, 3.63) is 35.4 Å². The molecule has 1 aromatic rings. The molecule has 0 aromatic heterocycles. The highest BCUT2D eigenvalue weighted by Gasteiger charge is 2.48. The van der Waals surface area contributed by atoms with Gasteiger partial charge in [-0.05, 0) is 31.2 Å². The van der Waals surface area contributed by atoms with Gasteiger partial charge in [-0.3, -0.25) is 4.79 Å². The maximum absolute atomic E-state index is 12.8. The lowest BCUT2D eigenvalue weighted by Crippen LogP contribution is -2.48. The van der Waals surface area contributed by atoms with Crippen LogP contribution in [0.1, 0.15) is 73.7 Å². The summed E-state index contributed by atoms with van der Waals surface area (Å²) in [6.07, 6.45) is 9.89. The summed E-state index contributed by atoms with van der Waals surface area (Å²) < 4.78 is 5.80. The van der Waals surface area contributed by atoms with Gasteiger partial charge in [-0.1, -0.05) is 50.3 Å². The third kappa shape index (κ3) is 3.19. The fraction of sp³-hybridized carbons (Fsp3) is 0.619. The quantitative estimate of drug-likeness (QED) is 0.780. The summed E-state index contributed by atoms with van der Waals surface area (Å²) in [6.45, 7) is 1.30. The number of benzene rings is 1. The van der Waals surface area contributed by atoms with Gasteiger partial charge in [0.15, 0.2) is 5.60 Å². The average Bonchev–Trinajstić information content (AvgIpc) is 2.92. The van der Waals surface area contributed by atoms with Gasteiger partial charge in [0.25, 0.3) is 0 Å². The van der Waals surface area contributed by atoms with Crippen molar-refractivity contribution >= 4 is 11.9 Å². The van der Waals surface area contributed by atoms with Crippen LogP contribution in [0.3, 0.4) is 0 Å². The van der Waals surface area contributed by atoms with Gasteiger partial charge >= 0.3 is 5.97 Å². The maximum Gasteiger partial charge on any atom is 0.339 e. The van der Waals surface area contributed by atoms with E-state index < -0.39 is 5.60 Å². The molecule has 0 bridgehead atoms. The third-order valence-electron chi connectivity index (χ3n) is 6.22. The zero-order chi connectivity index (χ0) is 17.3. The summed E-state index contributed by atoms with van der Waals surface area (Å²) in [5, 5.41) is 0. The van der Waals surface area contributed by atoms with Crippen molar-refractivity contribution in [2.24, 2.45) is 5.92 Å². The van der Waals surface area contributed by atoms with Crippen LogP contribution in [-0.4, -0.2) is 29.9 Å². The van der Waals surface area contributed by atoms with Gasteiger partial charge in [0, 0.05) is 18.5 Å². The van der Waals surface area contributed by atoms with Crippen LogP contribution in [0.2, 0.25) is 0 Å². The Bertz CT molecular complexity index is 665. The molecule has 1 saturated carbocycles. The van der Waals surface area contributed by atoms with Crippen molar-refractivity contribution in [2.45, 2.75) is 63.4 Å². The average molecular weight is 341 g/mol. The fourth-order valence-corrected chi connectivity index (χ4v) is 4.85. The van der Waals surface area contributed by atoms with Gasteiger partial charge in [0.05, 0.1) is 12.1 Å². The van der Waals surface area contributed by atoms with Crippen LogP contribution in [-0.2, 0) is 15.1 Å². The fourth-order valence-electron chi connectivity index (χ4n) is 4.85. The van der Waals surface area contributed by atoms with E-state index in [0.717, 1.165) is 37.3 Å². The largest absolute Gasteiger partial charge is 0.449 e. The number of carbonyl (C=O) groups excluding carboxylic acids is 2. The number of ether oxygens (including phenoxy) is 1. The number of amides is 1. The van der Waals surface area contributed by atoms with Crippen LogP contribution in [0, 0.1) is 5.92 Å². The molecule has 134 valence electrons. The molecule has 1 spiro atoms. The summed E-state index contributed by atoms with van der Waals surface area (Å²) in [4.78, 5) is 26.9. The molecule has 25 heavy (non-hydrogen) atoms. The second kappa shape index (κ2) is 6.81. The Morgan fingerprint density at radius 3 is 2.80 bits per heavy atom. The standard InChI is InChI=1S/C21H27NO3/c23-19(12-11-16-7-2-1-3-8-16)22-14-6-13-21(15-22)18-10-5-4-9-17(18)20(24)25-21/h4-5,9-10,16H,1-3,6-8,11-15H2. The second-order valence-electron chi connectivity index (χ2n) is 7.89.